The Morgan fingerprint density at radius 1 is 1.33 bits per heavy atom. The third-order valence-corrected chi connectivity index (χ3v) is 2.12. The maximum absolute atomic E-state index is 10.7. The lowest BCUT2D eigenvalue weighted by Gasteiger charge is -2.15. The molecule has 0 aliphatic heterocycles. The Kier molecular flexibility index (Phi) is 5.08. The van der Waals surface area contributed by atoms with Crippen molar-refractivity contribution in [3.63, 3.8) is 0 Å². The molecule has 15 heavy (non-hydrogen) atoms. The SMILES string of the molecule is CP(=O)(O)OC(COP(=O)(O)O)C(=O)O. The second kappa shape index (κ2) is 5.18. The van der Waals surface area contributed by atoms with Gasteiger partial charge in [-0.25, -0.2) is 9.36 Å². The van der Waals surface area contributed by atoms with Gasteiger partial charge in [-0.2, -0.15) is 0 Å². The Morgan fingerprint density at radius 3 is 2.07 bits per heavy atom. The molecule has 0 rings (SSSR count). The summed E-state index contributed by atoms with van der Waals surface area (Å²) in [6.07, 6.45) is -1.92. The van der Waals surface area contributed by atoms with Gasteiger partial charge in [0.1, 0.15) is 0 Å². The minimum Gasteiger partial charge on any atom is -0.479 e. The largest absolute Gasteiger partial charge is 0.479 e. The summed E-state index contributed by atoms with van der Waals surface area (Å²) in [5.41, 5.74) is 0. The number of carboxylic acid groups (broad SMARTS) is 1. The molecule has 9 nitrogen and oxygen atoms in total. The van der Waals surface area contributed by atoms with E-state index in [1.165, 1.54) is 0 Å². The average molecular weight is 264 g/mol. The zero-order chi connectivity index (χ0) is 12.3. The monoisotopic (exact) mass is 264 g/mol. The maximum Gasteiger partial charge on any atom is 0.469 e. The topological polar surface area (TPSA) is 151 Å². The van der Waals surface area contributed by atoms with Crippen LogP contribution in [0.3, 0.4) is 0 Å². The second-order valence-electron chi connectivity index (χ2n) is 2.52. The first-order valence-corrected chi connectivity index (χ1v) is 6.98. The molecule has 0 aliphatic carbocycles. The van der Waals surface area contributed by atoms with Gasteiger partial charge in [0.05, 0.1) is 6.61 Å². The van der Waals surface area contributed by atoms with E-state index >= 15 is 0 Å². The highest BCUT2D eigenvalue weighted by atomic mass is 31.2. The standard InChI is InChI=1S/C4H10O9P2/c1-14(7,8)13-3(4(5)6)2-12-15(9,10)11/h3H,2H2,1H3,(H,5,6)(H,7,8)(H2,9,10,11). The summed E-state index contributed by atoms with van der Waals surface area (Å²) in [7, 11) is -8.91. The quantitative estimate of drug-likeness (QED) is 0.460. The molecule has 0 fully saturated rings. The predicted molar refractivity (Wildman–Crippen MR) is 46.3 cm³/mol. The summed E-state index contributed by atoms with van der Waals surface area (Å²) < 4.78 is 28.9. The number of carbonyl (C=O) groups is 1. The molecule has 0 saturated heterocycles. The van der Waals surface area contributed by atoms with Crippen molar-refractivity contribution in [2.75, 3.05) is 13.3 Å². The minimum absolute atomic E-state index is 0.737. The third kappa shape index (κ3) is 8.71. The van der Waals surface area contributed by atoms with Gasteiger partial charge >= 0.3 is 21.4 Å². The highest BCUT2D eigenvalue weighted by Gasteiger charge is 2.29. The van der Waals surface area contributed by atoms with Crippen LogP contribution < -0.4 is 0 Å². The Hall–Kier alpha value is -0.270. The fourth-order valence-corrected chi connectivity index (χ4v) is 1.50. The first kappa shape index (κ1) is 14.7. The Morgan fingerprint density at radius 2 is 1.80 bits per heavy atom. The third-order valence-electron chi connectivity index (χ3n) is 0.992. The fraction of sp³-hybridized carbons (Fsp3) is 0.750. The van der Waals surface area contributed by atoms with Crippen LogP contribution in [0.2, 0.25) is 0 Å². The maximum atomic E-state index is 10.7. The van der Waals surface area contributed by atoms with Crippen LogP contribution in [0.15, 0.2) is 0 Å². The number of carboxylic acids is 1. The number of aliphatic carboxylic acids is 1. The molecule has 0 aromatic rings. The van der Waals surface area contributed by atoms with Crippen molar-refractivity contribution in [2.45, 2.75) is 6.10 Å². The first-order valence-electron chi connectivity index (χ1n) is 3.43. The molecule has 11 heteroatoms. The van der Waals surface area contributed by atoms with E-state index < -0.39 is 34.1 Å². The number of hydrogen-bond donors (Lipinski definition) is 4. The van der Waals surface area contributed by atoms with E-state index in [1.54, 1.807) is 0 Å². The molecule has 0 bridgehead atoms. The van der Waals surface area contributed by atoms with Crippen LogP contribution in [0.25, 0.3) is 0 Å². The lowest BCUT2D eigenvalue weighted by atomic mass is 10.4. The van der Waals surface area contributed by atoms with Gasteiger partial charge in [-0.3, -0.25) is 13.6 Å². The molecule has 0 heterocycles. The van der Waals surface area contributed by atoms with Gasteiger partial charge in [-0.1, -0.05) is 0 Å². The van der Waals surface area contributed by atoms with E-state index in [4.69, 9.17) is 19.8 Å². The van der Waals surface area contributed by atoms with E-state index in [9.17, 15) is 13.9 Å². The van der Waals surface area contributed by atoms with Crippen molar-refractivity contribution >= 4 is 21.4 Å². The summed E-state index contributed by atoms with van der Waals surface area (Å²) in [5, 5.41) is 8.44. The molecule has 90 valence electrons. The van der Waals surface area contributed by atoms with Crippen LogP contribution >= 0.6 is 15.4 Å². The Labute approximate surface area is 84.4 Å². The Bertz CT molecular complexity index is 312. The number of rotatable bonds is 6. The molecule has 0 spiro atoms. The van der Waals surface area contributed by atoms with Gasteiger partial charge in [0.2, 0.25) is 0 Å². The molecule has 0 radical (unpaired) electrons. The van der Waals surface area contributed by atoms with Crippen LogP contribution in [-0.4, -0.2) is 45.1 Å². The van der Waals surface area contributed by atoms with E-state index in [-0.39, 0.29) is 0 Å². The zero-order valence-corrected chi connectivity index (χ0v) is 9.30. The van der Waals surface area contributed by atoms with Gasteiger partial charge in [0.25, 0.3) is 0 Å². The molecule has 2 atom stereocenters. The number of hydrogen-bond acceptors (Lipinski definition) is 5. The summed E-state index contributed by atoms with van der Waals surface area (Å²) >= 11 is 0. The predicted octanol–water partition coefficient (Wildman–Crippen LogP) is -0.619. The van der Waals surface area contributed by atoms with Gasteiger partial charge in [-0.05, 0) is 0 Å². The average Bonchev–Trinajstić information content (AvgIpc) is 1.93. The van der Waals surface area contributed by atoms with Crippen LogP contribution in [0.5, 0.6) is 0 Å². The summed E-state index contributed by atoms with van der Waals surface area (Å²) in [5.74, 6) is -1.67. The number of phosphoric ester groups is 1. The molecule has 0 saturated carbocycles. The van der Waals surface area contributed by atoms with Crippen molar-refractivity contribution in [1.82, 2.24) is 0 Å². The lowest BCUT2D eigenvalue weighted by molar-refractivity contribution is -0.146. The van der Waals surface area contributed by atoms with Crippen molar-refractivity contribution in [3.8, 4) is 0 Å². The molecular formula is C4H10O9P2. The fourth-order valence-electron chi connectivity index (χ4n) is 0.548. The van der Waals surface area contributed by atoms with Gasteiger partial charge in [-0.15, -0.1) is 0 Å². The first-order chi connectivity index (χ1) is 6.51. The van der Waals surface area contributed by atoms with Crippen LogP contribution in [0, 0.1) is 0 Å². The van der Waals surface area contributed by atoms with E-state index in [2.05, 4.69) is 9.05 Å². The normalized spacial score (nSPS) is 18.1. The summed E-state index contributed by atoms with van der Waals surface area (Å²) in [6.45, 7) is -0.293. The smallest absolute Gasteiger partial charge is 0.469 e. The molecule has 0 aromatic heterocycles. The molecule has 4 N–H and O–H groups in total. The molecule has 2 unspecified atom stereocenters. The molecule has 0 aromatic carbocycles. The van der Waals surface area contributed by atoms with Crippen LogP contribution in [0.4, 0.5) is 0 Å². The summed E-state index contributed by atoms with van der Waals surface area (Å²) in [4.78, 5) is 35.6. The van der Waals surface area contributed by atoms with Crippen molar-refractivity contribution in [1.29, 1.82) is 0 Å². The van der Waals surface area contributed by atoms with Crippen LogP contribution in [0.1, 0.15) is 0 Å². The van der Waals surface area contributed by atoms with E-state index in [0.717, 1.165) is 6.66 Å². The lowest BCUT2D eigenvalue weighted by Crippen LogP contribution is -2.27. The Balaban J connectivity index is 4.38. The number of phosphoric acid groups is 1. The van der Waals surface area contributed by atoms with Crippen molar-refractivity contribution < 1.29 is 42.8 Å². The second-order valence-corrected chi connectivity index (χ2v) is 5.58. The van der Waals surface area contributed by atoms with Crippen molar-refractivity contribution in [3.05, 3.63) is 0 Å². The zero-order valence-electron chi connectivity index (χ0n) is 7.51. The highest BCUT2D eigenvalue weighted by molar-refractivity contribution is 7.52. The van der Waals surface area contributed by atoms with E-state index in [0.29, 0.717) is 0 Å². The van der Waals surface area contributed by atoms with Crippen molar-refractivity contribution in [2.24, 2.45) is 0 Å². The van der Waals surface area contributed by atoms with E-state index in [1.807, 2.05) is 0 Å². The van der Waals surface area contributed by atoms with Gasteiger partial charge in [0.15, 0.2) is 6.10 Å². The highest BCUT2D eigenvalue weighted by Crippen LogP contribution is 2.40. The molecule has 0 aliphatic rings. The minimum atomic E-state index is -4.84. The van der Waals surface area contributed by atoms with Crippen LogP contribution in [-0.2, 0) is 23.0 Å². The molecule has 0 amide bonds. The van der Waals surface area contributed by atoms with Gasteiger partial charge < -0.3 is 19.8 Å². The molecular weight excluding hydrogens is 254 g/mol. The summed E-state index contributed by atoms with van der Waals surface area (Å²) in [6, 6.07) is 0. The van der Waals surface area contributed by atoms with Gasteiger partial charge in [0, 0.05) is 6.66 Å².